The van der Waals surface area contributed by atoms with E-state index in [4.69, 9.17) is 27.7 Å². The van der Waals surface area contributed by atoms with E-state index in [9.17, 15) is 24.3 Å². The highest BCUT2D eigenvalue weighted by Crippen LogP contribution is 2.58. The van der Waals surface area contributed by atoms with E-state index in [2.05, 4.69) is 5.32 Å². The van der Waals surface area contributed by atoms with Crippen molar-refractivity contribution in [2.75, 3.05) is 13.1 Å². The molecular formula is C33H50N7O7P. The molecule has 1 aliphatic heterocycles. The van der Waals surface area contributed by atoms with Gasteiger partial charge in [-0.3, -0.25) is 29.0 Å². The summed E-state index contributed by atoms with van der Waals surface area (Å²) < 4.78 is 16.2. The van der Waals surface area contributed by atoms with Gasteiger partial charge in [-0.2, -0.15) is 0 Å². The molecule has 0 bridgehead atoms. The quantitative estimate of drug-likeness (QED) is 0.0621. The second-order valence-corrected chi connectivity index (χ2v) is 15.0. The SMILES string of the molecule is CC(C)[C@@H](C(=O)O)N(C(=O)[C@@H]1CCCN1C(=O)[C@H](C)N)P(=O)(Cc1ccccc1)Cc1ccccc1.N=C(N)NCCC[C@H](N)C(=O)O. The summed E-state index contributed by atoms with van der Waals surface area (Å²) in [5, 5.41) is 28.0. The summed E-state index contributed by atoms with van der Waals surface area (Å²) in [7, 11) is -3.69. The maximum Gasteiger partial charge on any atom is 0.327 e. The van der Waals surface area contributed by atoms with Gasteiger partial charge < -0.3 is 37.6 Å². The first-order valence-electron chi connectivity index (χ1n) is 15.9. The standard InChI is InChI=1S/C27H36N3O5P.C6H14N4O2/c1-19(2)24(27(33)34)30(26(32)23-15-10-16-29(23)25(31)20(3)28)36(35,17-21-11-6-4-7-12-21)18-22-13-8-5-9-14-22;7-4(5(11)12)2-1-3-10-6(8)9/h4-9,11-14,19-20,23-24H,10,15-18,28H2,1-3H3,(H,33,34);4H,1-3,7H2,(H,11,12)(H4,8,9,10)/t20-,23-,24-;4-/m00/s1. The van der Waals surface area contributed by atoms with Crippen molar-refractivity contribution < 1.29 is 34.0 Å². The van der Waals surface area contributed by atoms with Gasteiger partial charge in [0.25, 0.3) is 5.91 Å². The minimum atomic E-state index is -3.69. The van der Waals surface area contributed by atoms with Crippen LogP contribution in [0.25, 0.3) is 0 Å². The molecule has 3 rings (SSSR count). The predicted molar refractivity (Wildman–Crippen MR) is 184 cm³/mol. The van der Waals surface area contributed by atoms with Crippen LogP contribution in [0.15, 0.2) is 60.7 Å². The molecule has 15 heteroatoms. The second-order valence-electron chi connectivity index (χ2n) is 12.2. The van der Waals surface area contributed by atoms with Gasteiger partial charge in [0.1, 0.15) is 18.1 Å². The van der Waals surface area contributed by atoms with E-state index in [0.717, 1.165) is 15.8 Å². The van der Waals surface area contributed by atoms with E-state index in [1.165, 1.54) is 4.90 Å². The molecule has 264 valence electrons. The van der Waals surface area contributed by atoms with Crippen LogP contribution in [-0.4, -0.2) is 86.8 Å². The lowest BCUT2D eigenvalue weighted by molar-refractivity contribution is -0.151. The van der Waals surface area contributed by atoms with Crippen molar-refractivity contribution in [1.82, 2.24) is 14.9 Å². The fourth-order valence-corrected chi connectivity index (χ4v) is 8.82. The summed E-state index contributed by atoms with van der Waals surface area (Å²) in [4.78, 5) is 51.2. The van der Waals surface area contributed by atoms with Crippen LogP contribution in [0.1, 0.15) is 57.6 Å². The van der Waals surface area contributed by atoms with Gasteiger partial charge in [0.2, 0.25) is 5.91 Å². The molecule has 2 aromatic carbocycles. The minimum Gasteiger partial charge on any atom is -0.480 e. The fourth-order valence-electron chi connectivity index (χ4n) is 5.53. The molecule has 0 unspecified atom stereocenters. The van der Waals surface area contributed by atoms with Crippen LogP contribution >= 0.6 is 7.29 Å². The van der Waals surface area contributed by atoms with Crippen LogP contribution in [0.4, 0.5) is 0 Å². The number of carboxylic acid groups (broad SMARTS) is 2. The van der Waals surface area contributed by atoms with Crippen molar-refractivity contribution in [3.05, 3.63) is 71.8 Å². The number of amides is 2. The molecule has 1 saturated heterocycles. The summed E-state index contributed by atoms with van der Waals surface area (Å²) in [5.74, 6) is -3.80. The summed E-state index contributed by atoms with van der Waals surface area (Å²) in [5.41, 5.74) is 17.5. The Balaban J connectivity index is 0.000000567. The lowest BCUT2D eigenvalue weighted by atomic mass is 10.0. The third-order valence-electron chi connectivity index (χ3n) is 7.85. The van der Waals surface area contributed by atoms with E-state index in [1.54, 1.807) is 20.8 Å². The summed E-state index contributed by atoms with van der Waals surface area (Å²) >= 11 is 0. The molecule has 48 heavy (non-hydrogen) atoms. The number of guanidine groups is 1. The highest BCUT2D eigenvalue weighted by molar-refractivity contribution is 7.60. The molecular weight excluding hydrogens is 637 g/mol. The fraction of sp³-hybridized carbons (Fsp3) is 0.485. The maximum absolute atomic E-state index is 15.0. The third kappa shape index (κ3) is 11.8. The van der Waals surface area contributed by atoms with Crippen molar-refractivity contribution in [2.45, 2.75) is 82.9 Å². The molecule has 10 N–H and O–H groups in total. The Bertz CT molecular complexity index is 1380. The molecule has 0 aliphatic carbocycles. The van der Waals surface area contributed by atoms with Gasteiger partial charge in [0, 0.05) is 25.4 Å². The van der Waals surface area contributed by atoms with Gasteiger partial charge in [-0.15, -0.1) is 0 Å². The lowest BCUT2D eigenvalue weighted by Gasteiger charge is -2.41. The topological polar surface area (TPSA) is 246 Å². The van der Waals surface area contributed by atoms with Crippen molar-refractivity contribution in [3.8, 4) is 0 Å². The number of benzene rings is 2. The van der Waals surface area contributed by atoms with Crippen LogP contribution in [0.3, 0.4) is 0 Å². The number of carbonyl (C=O) groups is 4. The second kappa shape index (κ2) is 18.9. The largest absolute Gasteiger partial charge is 0.480 e. The average Bonchev–Trinajstić information content (AvgIpc) is 3.51. The first-order chi connectivity index (χ1) is 22.6. The Kier molecular flexibility index (Phi) is 15.7. The number of likely N-dealkylation sites (tertiary alicyclic amines) is 1. The molecule has 4 atom stereocenters. The number of carbonyl (C=O) groups excluding carboxylic acids is 2. The van der Waals surface area contributed by atoms with Gasteiger partial charge >= 0.3 is 11.9 Å². The van der Waals surface area contributed by atoms with Crippen LogP contribution in [0.5, 0.6) is 0 Å². The smallest absolute Gasteiger partial charge is 0.327 e. The number of nitrogens with one attached hydrogen (secondary N) is 2. The lowest BCUT2D eigenvalue weighted by Crippen LogP contribution is -2.55. The van der Waals surface area contributed by atoms with Gasteiger partial charge in [-0.25, -0.2) is 4.79 Å². The zero-order valence-corrected chi connectivity index (χ0v) is 28.7. The summed E-state index contributed by atoms with van der Waals surface area (Å²) in [6.45, 7) is 5.80. The zero-order chi connectivity index (χ0) is 36.0. The summed E-state index contributed by atoms with van der Waals surface area (Å²) in [6.07, 6.45) is 1.99. The Morgan fingerprint density at radius 3 is 1.90 bits per heavy atom. The number of nitrogens with two attached hydrogens (primary N) is 3. The molecule has 1 aliphatic rings. The number of carboxylic acids is 2. The Labute approximate surface area is 282 Å². The minimum absolute atomic E-state index is 0.0267. The van der Waals surface area contributed by atoms with E-state index >= 15 is 4.57 Å². The van der Waals surface area contributed by atoms with Crippen LogP contribution in [0.2, 0.25) is 0 Å². The molecule has 2 aromatic rings. The molecule has 0 radical (unpaired) electrons. The van der Waals surface area contributed by atoms with E-state index < -0.39 is 55.2 Å². The van der Waals surface area contributed by atoms with Crippen LogP contribution in [0, 0.1) is 11.3 Å². The molecule has 1 fully saturated rings. The molecule has 14 nitrogen and oxygen atoms in total. The summed E-state index contributed by atoms with van der Waals surface area (Å²) in [6, 6.07) is 14.5. The molecule has 1 heterocycles. The first kappa shape index (κ1) is 39.9. The number of aliphatic carboxylic acids is 2. The number of nitrogens with zero attached hydrogens (tertiary/aromatic N) is 2. The van der Waals surface area contributed by atoms with Gasteiger partial charge in [-0.1, -0.05) is 74.5 Å². The van der Waals surface area contributed by atoms with Crippen molar-refractivity contribution in [3.63, 3.8) is 0 Å². The molecule has 2 amide bonds. The Morgan fingerprint density at radius 1 is 0.958 bits per heavy atom. The molecule has 0 saturated carbocycles. The highest BCUT2D eigenvalue weighted by Gasteiger charge is 2.48. The number of hydrogen-bond donors (Lipinski definition) is 7. The normalized spacial score (nSPS) is 16.2. The third-order valence-corrected chi connectivity index (χ3v) is 10.8. The van der Waals surface area contributed by atoms with E-state index in [-0.39, 0.29) is 24.2 Å². The molecule has 0 aromatic heterocycles. The number of hydrogen-bond acceptors (Lipinski definition) is 8. The molecule has 0 spiro atoms. The van der Waals surface area contributed by atoms with E-state index in [1.807, 2.05) is 60.7 Å². The van der Waals surface area contributed by atoms with Crippen molar-refractivity contribution >= 4 is 37.0 Å². The first-order valence-corrected chi connectivity index (χ1v) is 18.0. The van der Waals surface area contributed by atoms with Gasteiger partial charge in [0.15, 0.2) is 13.3 Å². The highest BCUT2D eigenvalue weighted by atomic mass is 31.2. The number of rotatable bonds is 15. The Hall–Kier alpha value is -4.26. The van der Waals surface area contributed by atoms with Crippen molar-refractivity contribution in [2.24, 2.45) is 23.1 Å². The Morgan fingerprint density at radius 2 is 1.48 bits per heavy atom. The zero-order valence-electron chi connectivity index (χ0n) is 27.8. The predicted octanol–water partition coefficient (Wildman–Crippen LogP) is 2.60. The monoisotopic (exact) mass is 687 g/mol. The average molecular weight is 688 g/mol. The van der Waals surface area contributed by atoms with Gasteiger partial charge in [-0.05, 0) is 49.7 Å². The van der Waals surface area contributed by atoms with Crippen molar-refractivity contribution in [1.29, 1.82) is 5.41 Å². The van der Waals surface area contributed by atoms with Crippen LogP contribution in [-0.2, 0) is 36.1 Å². The maximum atomic E-state index is 15.0. The van der Waals surface area contributed by atoms with Gasteiger partial charge in [0.05, 0.1) is 6.04 Å². The van der Waals surface area contributed by atoms with E-state index in [0.29, 0.717) is 38.8 Å². The van der Waals surface area contributed by atoms with Crippen LogP contribution < -0.4 is 22.5 Å².